The van der Waals surface area contributed by atoms with Crippen molar-refractivity contribution in [2.24, 2.45) is 0 Å². The first-order valence-electron chi connectivity index (χ1n) is 2.35. The number of hydrogen-bond acceptors (Lipinski definition) is 2. The van der Waals surface area contributed by atoms with Crippen LogP contribution >= 0.6 is 12.6 Å². The summed E-state index contributed by atoms with van der Waals surface area (Å²) in [4.78, 5) is 0. The highest BCUT2D eigenvalue weighted by molar-refractivity contribution is 7.84. The van der Waals surface area contributed by atoms with E-state index in [-0.39, 0.29) is 5.09 Å². The molecule has 0 aliphatic heterocycles. The van der Waals surface area contributed by atoms with Crippen LogP contribution in [0.4, 0.5) is 0 Å². The summed E-state index contributed by atoms with van der Waals surface area (Å²) in [5, 5.41) is 8.54. The Morgan fingerprint density at radius 2 is 2.43 bits per heavy atom. The van der Waals surface area contributed by atoms with Gasteiger partial charge >= 0.3 is 0 Å². The second-order valence-corrected chi connectivity index (χ2v) is 1.81. The van der Waals surface area contributed by atoms with E-state index in [1.165, 1.54) is 0 Å². The van der Waals surface area contributed by atoms with E-state index in [1.54, 1.807) is 6.08 Å². The summed E-state index contributed by atoms with van der Waals surface area (Å²) in [6, 6.07) is 0. The molecule has 0 aromatic heterocycles. The molecule has 2 heteroatoms. The van der Waals surface area contributed by atoms with Crippen LogP contribution in [-0.2, 0) is 0 Å². The van der Waals surface area contributed by atoms with E-state index in [0.29, 0.717) is 0 Å². The van der Waals surface area contributed by atoms with Crippen molar-refractivity contribution in [3.05, 3.63) is 11.2 Å². The third-order valence-corrected chi connectivity index (χ3v) is 0.798. The normalized spacial score (nSPS) is 12.0. The molecule has 0 aliphatic rings. The van der Waals surface area contributed by atoms with Crippen LogP contribution in [0.25, 0.3) is 0 Å². The maximum atomic E-state index is 8.41. The Morgan fingerprint density at radius 1 is 1.86 bits per heavy atom. The summed E-state index contributed by atoms with van der Waals surface area (Å²) >= 11 is 3.65. The van der Waals surface area contributed by atoms with Gasteiger partial charge in [0.15, 0.2) is 0 Å². The van der Waals surface area contributed by atoms with Gasteiger partial charge in [0.1, 0.15) is 5.09 Å². The largest absolute Gasteiger partial charge is 0.503 e. The summed E-state index contributed by atoms with van der Waals surface area (Å²) in [5.41, 5.74) is 0. The number of aliphatic hydroxyl groups is 1. The third kappa shape index (κ3) is 5.89. The maximum absolute atomic E-state index is 8.41. The zero-order valence-electron chi connectivity index (χ0n) is 4.39. The van der Waals surface area contributed by atoms with E-state index in [9.17, 15) is 0 Å². The molecule has 0 saturated carbocycles. The topological polar surface area (TPSA) is 20.2 Å². The van der Waals surface area contributed by atoms with E-state index < -0.39 is 0 Å². The Bertz CT molecular complexity index is 64.5. The average molecular weight is 118 g/mol. The van der Waals surface area contributed by atoms with Crippen molar-refractivity contribution in [3.8, 4) is 0 Å². The van der Waals surface area contributed by atoms with E-state index in [2.05, 4.69) is 12.6 Å². The van der Waals surface area contributed by atoms with Gasteiger partial charge in [0, 0.05) is 0 Å². The minimum atomic E-state index is 0.127. The molecule has 0 aromatic rings. The summed E-state index contributed by atoms with van der Waals surface area (Å²) in [6.07, 6.45) is 3.66. The SMILES string of the molecule is CCCC=C(O)S. The molecule has 0 radical (unpaired) electrons. The van der Waals surface area contributed by atoms with Gasteiger partial charge in [-0.1, -0.05) is 13.3 Å². The monoisotopic (exact) mass is 118 g/mol. The van der Waals surface area contributed by atoms with Crippen molar-refractivity contribution in [2.75, 3.05) is 0 Å². The van der Waals surface area contributed by atoms with Gasteiger partial charge < -0.3 is 5.11 Å². The zero-order valence-corrected chi connectivity index (χ0v) is 5.28. The highest BCUT2D eigenvalue weighted by Gasteiger charge is 1.76. The smallest absolute Gasteiger partial charge is 0.142 e. The van der Waals surface area contributed by atoms with Crippen molar-refractivity contribution in [1.82, 2.24) is 0 Å². The molecule has 0 atom stereocenters. The molecule has 0 spiro atoms. The molecule has 0 saturated heterocycles. The first-order valence-corrected chi connectivity index (χ1v) is 2.80. The molecule has 0 unspecified atom stereocenters. The molecular formula is C5H10OS. The minimum Gasteiger partial charge on any atom is -0.503 e. The van der Waals surface area contributed by atoms with E-state index in [1.807, 2.05) is 6.92 Å². The van der Waals surface area contributed by atoms with Gasteiger partial charge in [0.05, 0.1) is 0 Å². The van der Waals surface area contributed by atoms with Gasteiger partial charge in [-0.15, -0.1) is 12.6 Å². The lowest BCUT2D eigenvalue weighted by atomic mass is 10.3. The van der Waals surface area contributed by atoms with Crippen LogP contribution in [0.5, 0.6) is 0 Å². The van der Waals surface area contributed by atoms with Crippen LogP contribution in [0.2, 0.25) is 0 Å². The van der Waals surface area contributed by atoms with Gasteiger partial charge in [-0.25, -0.2) is 0 Å². The Hall–Kier alpha value is -0.110. The number of hydrogen-bond donors (Lipinski definition) is 2. The van der Waals surface area contributed by atoms with Crippen LogP contribution in [0.15, 0.2) is 11.2 Å². The van der Waals surface area contributed by atoms with Crippen molar-refractivity contribution in [1.29, 1.82) is 0 Å². The average Bonchev–Trinajstić information content (AvgIpc) is 1.61. The molecule has 0 fully saturated rings. The van der Waals surface area contributed by atoms with Gasteiger partial charge in [-0.05, 0) is 12.5 Å². The van der Waals surface area contributed by atoms with Crippen molar-refractivity contribution >= 4 is 12.6 Å². The van der Waals surface area contributed by atoms with Crippen LogP contribution in [0.3, 0.4) is 0 Å². The van der Waals surface area contributed by atoms with E-state index >= 15 is 0 Å². The maximum Gasteiger partial charge on any atom is 0.142 e. The molecule has 1 N–H and O–H groups in total. The highest BCUT2D eigenvalue weighted by Crippen LogP contribution is 1.96. The summed E-state index contributed by atoms with van der Waals surface area (Å²) in [7, 11) is 0. The fourth-order valence-electron chi connectivity index (χ4n) is 0.273. The van der Waals surface area contributed by atoms with Crippen LogP contribution < -0.4 is 0 Å². The van der Waals surface area contributed by atoms with Crippen molar-refractivity contribution in [3.63, 3.8) is 0 Å². The Balaban J connectivity index is 3.08. The number of unbranched alkanes of at least 4 members (excludes halogenated alkanes) is 1. The van der Waals surface area contributed by atoms with Crippen LogP contribution in [0, 0.1) is 0 Å². The molecule has 0 bridgehead atoms. The number of aliphatic hydroxyl groups excluding tert-OH is 1. The molecular weight excluding hydrogens is 108 g/mol. The second kappa shape index (κ2) is 4.06. The zero-order chi connectivity index (χ0) is 5.70. The molecule has 0 rings (SSSR count). The molecule has 0 heterocycles. The Morgan fingerprint density at radius 3 is 2.57 bits per heavy atom. The predicted molar refractivity (Wildman–Crippen MR) is 34.6 cm³/mol. The molecule has 42 valence electrons. The van der Waals surface area contributed by atoms with Crippen molar-refractivity contribution in [2.45, 2.75) is 19.8 Å². The molecule has 0 amide bonds. The quantitative estimate of drug-likeness (QED) is 0.420. The lowest BCUT2D eigenvalue weighted by Crippen LogP contribution is -1.65. The highest BCUT2D eigenvalue weighted by atomic mass is 32.1. The number of rotatable bonds is 2. The summed E-state index contributed by atoms with van der Waals surface area (Å²) in [5.74, 6) is 0. The van der Waals surface area contributed by atoms with Gasteiger partial charge in [-0.3, -0.25) is 0 Å². The molecule has 7 heavy (non-hydrogen) atoms. The first kappa shape index (κ1) is 6.89. The lowest BCUT2D eigenvalue weighted by molar-refractivity contribution is 0.454. The number of thiol groups is 1. The van der Waals surface area contributed by atoms with Gasteiger partial charge in [0.25, 0.3) is 0 Å². The van der Waals surface area contributed by atoms with Crippen LogP contribution in [-0.4, -0.2) is 5.11 Å². The Kier molecular flexibility index (Phi) is 4.00. The van der Waals surface area contributed by atoms with Gasteiger partial charge in [-0.2, -0.15) is 0 Å². The summed E-state index contributed by atoms with van der Waals surface area (Å²) < 4.78 is 0. The first-order chi connectivity index (χ1) is 3.27. The third-order valence-electron chi connectivity index (χ3n) is 0.616. The standard InChI is InChI=1S/C5H10OS/c1-2-3-4-5(6)7/h4,6-7H,2-3H2,1H3. The molecule has 1 nitrogen and oxygen atoms in total. The van der Waals surface area contributed by atoms with Crippen molar-refractivity contribution < 1.29 is 5.11 Å². The number of allylic oxidation sites excluding steroid dienone is 1. The van der Waals surface area contributed by atoms with E-state index in [4.69, 9.17) is 5.11 Å². The van der Waals surface area contributed by atoms with Crippen LogP contribution in [0.1, 0.15) is 19.8 Å². The fraction of sp³-hybridized carbons (Fsp3) is 0.600. The summed E-state index contributed by atoms with van der Waals surface area (Å²) in [6.45, 7) is 2.05. The van der Waals surface area contributed by atoms with E-state index in [0.717, 1.165) is 12.8 Å². The fourth-order valence-corrected chi connectivity index (χ4v) is 0.403. The predicted octanol–water partition coefficient (Wildman–Crippen LogP) is 2.12. The molecule has 0 aliphatic carbocycles. The lowest BCUT2D eigenvalue weighted by Gasteiger charge is -1.83. The van der Waals surface area contributed by atoms with Gasteiger partial charge in [0.2, 0.25) is 0 Å². The second-order valence-electron chi connectivity index (χ2n) is 1.35. The Labute approximate surface area is 49.5 Å². The minimum absolute atomic E-state index is 0.127. The molecule has 0 aromatic carbocycles.